The van der Waals surface area contributed by atoms with Crippen molar-refractivity contribution in [3.63, 3.8) is 0 Å². The minimum atomic E-state index is 0.186. The predicted octanol–water partition coefficient (Wildman–Crippen LogP) is 2.01. The van der Waals surface area contributed by atoms with E-state index in [9.17, 15) is 4.79 Å². The number of benzene rings is 1. The Morgan fingerprint density at radius 3 is 3.06 bits per heavy atom. The van der Waals surface area contributed by atoms with E-state index < -0.39 is 0 Å². The Bertz CT molecular complexity index is 457. The molecule has 0 atom stereocenters. The third-order valence-corrected chi connectivity index (χ3v) is 4.31. The number of thioether (sulfide) groups is 1. The maximum atomic E-state index is 11.6. The summed E-state index contributed by atoms with van der Waals surface area (Å²) >= 11 is 1.65. The maximum absolute atomic E-state index is 11.6. The van der Waals surface area contributed by atoms with Gasteiger partial charge in [0.15, 0.2) is 0 Å². The molecule has 0 spiro atoms. The summed E-state index contributed by atoms with van der Waals surface area (Å²) in [5, 5.41) is 3.51. The summed E-state index contributed by atoms with van der Waals surface area (Å²) in [5.74, 6) is 0.745. The SMILES string of the molecule is CN1C(=O)CSc2cc(CNC3CC3)ccc21. The van der Waals surface area contributed by atoms with Crippen LogP contribution in [0.2, 0.25) is 0 Å². The number of nitrogens with one attached hydrogen (secondary N) is 1. The number of rotatable bonds is 3. The summed E-state index contributed by atoms with van der Waals surface area (Å²) in [6, 6.07) is 7.12. The highest BCUT2D eigenvalue weighted by Crippen LogP contribution is 2.35. The molecule has 1 fully saturated rings. The minimum Gasteiger partial charge on any atom is -0.314 e. The van der Waals surface area contributed by atoms with Crippen LogP contribution >= 0.6 is 11.8 Å². The molecule has 1 N–H and O–H groups in total. The van der Waals surface area contributed by atoms with Gasteiger partial charge in [-0.3, -0.25) is 4.79 Å². The van der Waals surface area contributed by atoms with Gasteiger partial charge in [-0.2, -0.15) is 0 Å². The fourth-order valence-corrected chi connectivity index (χ4v) is 3.04. The van der Waals surface area contributed by atoms with Crippen molar-refractivity contribution in [3.05, 3.63) is 23.8 Å². The number of anilines is 1. The summed E-state index contributed by atoms with van der Waals surface area (Å²) in [7, 11) is 1.85. The molecule has 0 aromatic heterocycles. The van der Waals surface area contributed by atoms with E-state index in [0.29, 0.717) is 5.75 Å². The molecule has 1 aliphatic heterocycles. The zero-order valence-corrected chi connectivity index (χ0v) is 10.7. The largest absolute Gasteiger partial charge is 0.314 e. The summed E-state index contributed by atoms with van der Waals surface area (Å²) in [4.78, 5) is 14.5. The second kappa shape index (κ2) is 4.35. The highest BCUT2D eigenvalue weighted by atomic mass is 32.2. The first-order valence-corrected chi connectivity index (χ1v) is 6.98. The van der Waals surface area contributed by atoms with Gasteiger partial charge in [0.2, 0.25) is 5.91 Å². The van der Waals surface area contributed by atoms with Gasteiger partial charge in [-0.15, -0.1) is 11.8 Å². The van der Waals surface area contributed by atoms with Gasteiger partial charge in [0, 0.05) is 24.5 Å². The number of fused-ring (bicyclic) bond motifs is 1. The van der Waals surface area contributed by atoms with E-state index in [-0.39, 0.29) is 5.91 Å². The Morgan fingerprint density at radius 1 is 1.47 bits per heavy atom. The van der Waals surface area contributed by atoms with Crippen LogP contribution in [-0.4, -0.2) is 24.7 Å². The molecule has 17 heavy (non-hydrogen) atoms. The Labute approximate surface area is 106 Å². The van der Waals surface area contributed by atoms with E-state index in [4.69, 9.17) is 0 Å². The molecule has 0 bridgehead atoms. The molecule has 0 unspecified atom stereocenters. The molecular weight excluding hydrogens is 232 g/mol. The number of hydrogen-bond acceptors (Lipinski definition) is 3. The smallest absolute Gasteiger partial charge is 0.237 e. The number of carbonyl (C=O) groups is 1. The highest BCUT2D eigenvalue weighted by molar-refractivity contribution is 8.00. The molecule has 1 saturated carbocycles. The standard InChI is InChI=1S/C13H16N2OS/c1-15-11-5-2-9(7-14-10-3-4-10)6-12(11)17-8-13(15)16/h2,5-6,10,14H,3-4,7-8H2,1H3. The molecule has 0 saturated heterocycles. The molecule has 1 amide bonds. The molecule has 2 aliphatic rings. The van der Waals surface area contributed by atoms with Crippen LogP contribution in [0.5, 0.6) is 0 Å². The number of amides is 1. The second-order valence-corrected chi connectivity index (χ2v) is 5.72. The lowest BCUT2D eigenvalue weighted by Gasteiger charge is -2.25. The third kappa shape index (κ3) is 2.33. The minimum absolute atomic E-state index is 0.186. The van der Waals surface area contributed by atoms with E-state index in [1.165, 1.54) is 23.3 Å². The lowest BCUT2D eigenvalue weighted by atomic mass is 10.2. The Hall–Kier alpha value is -1.00. The predicted molar refractivity (Wildman–Crippen MR) is 70.4 cm³/mol. The van der Waals surface area contributed by atoms with Crippen LogP contribution in [0.15, 0.2) is 23.1 Å². The summed E-state index contributed by atoms with van der Waals surface area (Å²) in [6.07, 6.45) is 2.63. The number of hydrogen-bond donors (Lipinski definition) is 1. The van der Waals surface area contributed by atoms with Crippen molar-refractivity contribution in [3.8, 4) is 0 Å². The molecule has 1 aromatic rings. The van der Waals surface area contributed by atoms with Gasteiger partial charge in [0.05, 0.1) is 11.4 Å². The van der Waals surface area contributed by atoms with Gasteiger partial charge in [-0.25, -0.2) is 0 Å². The highest BCUT2D eigenvalue weighted by Gasteiger charge is 2.22. The van der Waals surface area contributed by atoms with Crippen molar-refractivity contribution >= 4 is 23.4 Å². The normalized spacial score (nSPS) is 19.4. The van der Waals surface area contributed by atoms with Crippen molar-refractivity contribution in [1.29, 1.82) is 0 Å². The molecule has 4 heteroatoms. The fraction of sp³-hybridized carbons (Fsp3) is 0.462. The van der Waals surface area contributed by atoms with Gasteiger partial charge in [0.1, 0.15) is 0 Å². The topological polar surface area (TPSA) is 32.3 Å². The lowest BCUT2D eigenvalue weighted by Crippen LogP contribution is -2.31. The molecule has 1 aliphatic carbocycles. The van der Waals surface area contributed by atoms with Crippen molar-refractivity contribution in [2.45, 2.75) is 30.3 Å². The third-order valence-electron chi connectivity index (χ3n) is 3.28. The van der Waals surface area contributed by atoms with Crippen LogP contribution in [0.4, 0.5) is 5.69 Å². The zero-order valence-electron chi connectivity index (χ0n) is 9.90. The molecule has 0 radical (unpaired) electrons. The summed E-state index contributed by atoms with van der Waals surface area (Å²) in [5.41, 5.74) is 2.35. The zero-order chi connectivity index (χ0) is 11.8. The fourth-order valence-electron chi connectivity index (χ4n) is 1.98. The van der Waals surface area contributed by atoms with Crippen LogP contribution < -0.4 is 10.2 Å². The van der Waals surface area contributed by atoms with Gasteiger partial charge in [-0.1, -0.05) is 6.07 Å². The van der Waals surface area contributed by atoms with Crippen LogP contribution in [-0.2, 0) is 11.3 Å². The molecule has 3 rings (SSSR count). The Morgan fingerprint density at radius 2 is 2.29 bits per heavy atom. The number of carbonyl (C=O) groups excluding carboxylic acids is 1. The lowest BCUT2D eigenvalue weighted by molar-refractivity contribution is -0.116. The van der Waals surface area contributed by atoms with Crippen LogP contribution in [0, 0.1) is 0 Å². The van der Waals surface area contributed by atoms with Crippen molar-refractivity contribution < 1.29 is 4.79 Å². The van der Waals surface area contributed by atoms with Crippen LogP contribution in [0.1, 0.15) is 18.4 Å². The summed E-state index contributed by atoms with van der Waals surface area (Å²) < 4.78 is 0. The average molecular weight is 248 g/mol. The van der Waals surface area contributed by atoms with Gasteiger partial charge in [0.25, 0.3) is 0 Å². The van der Waals surface area contributed by atoms with E-state index in [1.807, 2.05) is 7.05 Å². The second-order valence-electron chi connectivity index (χ2n) is 4.70. The molecule has 1 aromatic carbocycles. The van der Waals surface area contributed by atoms with E-state index >= 15 is 0 Å². The molecule has 3 nitrogen and oxygen atoms in total. The Kier molecular flexibility index (Phi) is 2.84. The molecular formula is C13H16N2OS. The van der Waals surface area contributed by atoms with Crippen LogP contribution in [0.3, 0.4) is 0 Å². The van der Waals surface area contributed by atoms with Crippen molar-refractivity contribution in [2.75, 3.05) is 17.7 Å². The molecule has 90 valence electrons. The van der Waals surface area contributed by atoms with Gasteiger partial charge >= 0.3 is 0 Å². The van der Waals surface area contributed by atoms with E-state index in [1.54, 1.807) is 16.7 Å². The van der Waals surface area contributed by atoms with E-state index in [0.717, 1.165) is 18.3 Å². The van der Waals surface area contributed by atoms with Crippen molar-refractivity contribution in [1.82, 2.24) is 5.32 Å². The Balaban J connectivity index is 1.78. The monoisotopic (exact) mass is 248 g/mol. The summed E-state index contributed by atoms with van der Waals surface area (Å²) in [6.45, 7) is 0.941. The van der Waals surface area contributed by atoms with Gasteiger partial charge in [-0.05, 0) is 30.5 Å². The quantitative estimate of drug-likeness (QED) is 0.888. The maximum Gasteiger partial charge on any atom is 0.237 e. The van der Waals surface area contributed by atoms with E-state index in [2.05, 4.69) is 23.5 Å². The first-order valence-electron chi connectivity index (χ1n) is 6.00. The number of nitrogens with zero attached hydrogens (tertiary/aromatic N) is 1. The van der Waals surface area contributed by atoms with Crippen molar-refractivity contribution in [2.24, 2.45) is 0 Å². The van der Waals surface area contributed by atoms with Crippen LogP contribution in [0.25, 0.3) is 0 Å². The molecule has 1 heterocycles. The first kappa shape index (κ1) is 11.1. The van der Waals surface area contributed by atoms with Gasteiger partial charge < -0.3 is 10.2 Å². The average Bonchev–Trinajstić information content (AvgIpc) is 3.15. The first-order chi connectivity index (χ1) is 8.24.